The van der Waals surface area contributed by atoms with Gasteiger partial charge >= 0.3 is 0 Å². The second-order valence-electron chi connectivity index (χ2n) is 4.40. The van der Waals surface area contributed by atoms with Gasteiger partial charge in [-0.2, -0.15) is 0 Å². The fourth-order valence-corrected chi connectivity index (χ4v) is 3.53. The number of carbonyl (C=O) groups excluding carboxylic acids is 1. The molecule has 1 amide bonds. The first-order valence-electron chi connectivity index (χ1n) is 6.10. The lowest BCUT2D eigenvalue weighted by atomic mass is 10.2. The Labute approximate surface area is 124 Å². The molecule has 0 spiro atoms. The van der Waals surface area contributed by atoms with Crippen LogP contribution in [0.2, 0.25) is 0 Å². The predicted molar refractivity (Wildman–Crippen MR) is 84.2 cm³/mol. The molecule has 2 heterocycles. The number of thiazole rings is 1. The summed E-state index contributed by atoms with van der Waals surface area (Å²) in [6, 6.07) is 8.81. The summed E-state index contributed by atoms with van der Waals surface area (Å²) in [5.41, 5.74) is 7.64. The molecule has 3 rings (SSSR count). The normalized spacial score (nSPS) is 12.5. The quantitative estimate of drug-likeness (QED) is 0.780. The van der Waals surface area contributed by atoms with Crippen LogP contribution >= 0.6 is 22.7 Å². The number of thiophene rings is 1. The summed E-state index contributed by atoms with van der Waals surface area (Å²) >= 11 is 3.09. The molecule has 0 saturated heterocycles. The van der Waals surface area contributed by atoms with E-state index in [9.17, 15) is 4.79 Å². The van der Waals surface area contributed by atoms with Crippen molar-refractivity contribution in [2.24, 2.45) is 5.73 Å². The van der Waals surface area contributed by atoms with Gasteiger partial charge in [-0.15, -0.1) is 22.7 Å². The highest BCUT2D eigenvalue weighted by atomic mass is 32.1. The van der Waals surface area contributed by atoms with E-state index in [4.69, 9.17) is 5.73 Å². The molecule has 1 unspecified atom stereocenters. The van der Waals surface area contributed by atoms with Crippen LogP contribution in [0.4, 0.5) is 5.69 Å². The Bertz CT molecular complexity index is 749. The predicted octanol–water partition coefficient (Wildman–Crippen LogP) is 3.30. The fourth-order valence-electron chi connectivity index (χ4n) is 1.94. The van der Waals surface area contributed by atoms with Crippen molar-refractivity contribution < 1.29 is 4.79 Å². The largest absolute Gasteiger partial charge is 0.324 e. The molecule has 1 aromatic carbocycles. The number of nitrogens with one attached hydrogen (secondary N) is 1. The van der Waals surface area contributed by atoms with Gasteiger partial charge in [0.1, 0.15) is 6.04 Å². The first-order valence-corrected chi connectivity index (χ1v) is 7.80. The standard InChI is InChI=1S/C14H13N3OS2/c1-8-16-10-5-4-9(7-12(10)20-8)17-14(18)13(15)11-3-2-6-19-11/h2-7,13H,15H2,1H3,(H,17,18). The number of fused-ring (bicyclic) bond motifs is 1. The monoisotopic (exact) mass is 303 g/mol. The van der Waals surface area contributed by atoms with Gasteiger partial charge in [-0.05, 0) is 36.6 Å². The van der Waals surface area contributed by atoms with E-state index in [1.165, 1.54) is 11.3 Å². The molecule has 0 radical (unpaired) electrons. The summed E-state index contributed by atoms with van der Waals surface area (Å²) < 4.78 is 1.06. The minimum atomic E-state index is -0.631. The number of hydrogen-bond donors (Lipinski definition) is 2. The van der Waals surface area contributed by atoms with Crippen molar-refractivity contribution in [1.29, 1.82) is 0 Å². The van der Waals surface area contributed by atoms with Crippen molar-refractivity contribution in [1.82, 2.24) is 4.98 Å². The van der Waals surface area contributed by atoms with E-state index in [1.54, 1.807) is 11.3 Å². The van der Waals surface area contributed by atoms with Gasteiger partial charge in [0.25, 0.3) is 0 Å². The maximum Gasteiger partial charge on any atom is 0.246 e. The van der Waals surface area contributed by atoms with E-state index < -0.39 is 6.04 Å². The van der Waals surface area contributed by atoms with E-state index in [2.05, 4.69) is 10.3 Å². The zero-order chi connectivity index (χ0) is 14.1. The van der Waals surface area contributed by atoms with Crippen LogP contribution < -0.4 is 11.1 Å². The van der Waals surface area contributed by atoms with Gasteiger partial charge < -0.3 is 11.1 Å². The molecule has 0 aliphatic rings. The Kier molecular flexibility index (Phi) is 3.52. The van der Waals surface area contributed by atoms with Gasteiger partial charge in [-0.1, -0.05) is 6.07 Å². The first kappa shape index (κ1) is 13.2. The average molecular weight is 303 g/mol. The first-order chi connectivity index (χ1) is 9.63. The number of amides is 1. The second-order valence-corrected chi connectivity index (χ2v) is 6.61. The molecule has 3 N–H and O–H groups in total. The Balaban J connectivity index is 1.80. The lowest BCUT2D eigenvalue weighted by Gasteiger charge is -2.10. The van der Waals surface area contributed by atoms with Gasteiger partial charge in [0.05, 0.1) is 15.2 Å². The summed E-state index contributed by atoms with van der Waals surface area (Å²) in [7, 11) is 0. The van der Waals surface area contributed by atoms with E-state index in [1.807, 2.05) is 42.6 Å². The minimum Gasteiger partial charge on any atom is -0.324 e. The van der Waals surface area contributed by atoms with Crippen LogP contribution in [0.1, 0.15) is 15.9 Å². The number of nitrogens with two attached hydrogens (primary N) is 1. The van der Waals surface area contributed by atoms with E-state index in [0.29, 0.717) is 0 Å². The third-order valence-corrected chi connectivity index (χ3v) is 4.78. The number of benzene rings is 1. The molecule has 0 bridgehead atoms. The molecule has 0 saturated carbocycles. The molecule has 6 heteroatoms. The van der Waals surface area contributed by atoms with Crippen molar-refractivity contribution in [3.63, 3.8) is 0 Å². The van der Waals surface area contributed by atoms with Gasteiger partial charge in [0.15, 0.2) is 0 Å². The van der Waals surface area contributed by atoms with Crippen LogP contribution in [0.25, 0.3) is 10.2 Å². The number of aryl methyl sites for hydroxylation is 1. The summed E-state index contributed by atoms with van der Waals surface area (Å²) in [5, 5.41) is 5.78. The molecule has 3 aromatic rings. The second kappa shape index (κ2) is 5.32. The molecule has 0 aliphatic carbocycles. The number of carbonyl (C=O) groups is 1. The van der Waals surface area contributed by atoms with Crippen molar-refractivity contribution in [2.75, 3.05) is 5.32 Å². The zero-order valence-corrected chi connectivity index (χ0v) is 12.4. The molecule has 0 aliphatic heterocycles. The highest BCUT2D eigenvalue weighted by molar-refractivity contribution is 7.18. The van der Waals surface area contributed by atoms with E-state index in [0.717, 1.165) is 25.8 Å². The Morgan fingerprint density at radius 3 is 3.00 bits per heavy atom. The average Bonchev–Trinajstić information content (AvgIpc) is 3.05. The van der Waals surface area contributed by atoms with Gasteiger partial charge in [-0.3, -0.25) is 4.79 Å². The number of rotatable bonds is 3. The van der Waals surface area contributed by atoms with Crippen LogP contribution in [0.3, 0.4) is 0 Å². The van der Waals surface area contributed by atoms with Gasteiger partial charge in [0, 0.05) is 10.6 Å². The highest BCUT2D eigenvalue weighted by Crippen LogP contribution is 2.25. The summed E-state index contributed by atoms with van der Waals surface area (Å²) in [4.78, 5) is 17.4. The highest BCUT2D eigenvalue weighted by Gasteiger charge is 2.17. The van der Waals surface area contributed by atoms with Crippen LogP contribution in [-0.2, 0) is 4.79 Å². The molecule has 20 heavy (non-hydrogen) atoms. The zero-order valence-electron chi connectivity index (χ0n) is 10.8. The van der Waals surface area contributed by atoms with Gasteiger partial charge in [-0.25, -0.2) is 4.98 Å². The summed E-state index contributed by atoms with van der Waals surface area (Å²) in [5.74, 6) is -0.201. The molecular weight excluding hydrogens is 290 g/mol. The third-order valence-electron chi connectivity index (χ3n) is 2.90. The maximum absolute atomic E-state index is 12.1. The lowest BCUT2D eigenvalue weighted by molar-refractivity contribution is -0.117. The fraction of sp³-hybridized carbons (Fsp3) is 0.143. The summed E-state index contributed by atoms with van der Waals surface area (Å²) in [6.07, 6.45) is 0. The number of aromatic nitrogens is 1. The maximum atomic E-state index is 12.1. The summed E-state index contributed by atoms with van der Waals surface area (Å²) in [6.45, 7) is 1.97. The van der Waals surface area contributed by atoms with Crippen molar-refractivity contribution in [2.45, 2.75) is 13.0 Å². The minimum absolute atomic E-state index is 0.201. The molecule has 4 nitrogen and oxygen atoms in total. The number of hydrogen-bond acceptors (Lipinski definition) is 5. The van der Waals surface area contributed by atoms with E-state index in [-0.39, 0.29) is 5.91 Å². The van der Waals surface area contributed by atoms with Crippen molar-refractivity contribution in [3.8, 4) is 0 Å². The Morgan fingerprint density at radius 2 is 2.25 bits per heavy atom. The topological polar surface area (TPSA) is 68.0 Å². The molecule has 2 aromatic heterocycles. The Morgan fingerprint density at radius 1 is 1.40 bits per heavy atom. The molecule has 1 atom stereocenters. The number of anilines is 1. The van der Waals surface area contributed by atoms with Crippen LogP contribution in [0.15, 0.2) is 35.7 Å². The van der Waals surface area contributed by atoms with Gasteiger partial charge in [0.2, 0.25) is 5.91 Å². The van der Waals surface area contributed by atoms with Crippen LogP contribution in [-0.4, -0.2) is 10.9 Å². The molecular formula is C14H13N3OS2. The number of nitrogens with zero attached hydrogens (tertiary/aromatic N) is 1. The lowest BCUT2D eigenvalue weighted by Crippen LogP contribution is -2.26. The Hall–Kier alpha value is -1.76. The van der Waals surface area contributed by atoms with E-state index >= 15 is 0 Å². The molecule has 0 fully saturated rings. The SMILES string of the molecule is Cc1nc2ccc(NC(=O)C(N)c3cccs3)cc2s1. The van der Waals surface area contributed by atoms with Crippen molar-refractivity contribution in [3.05, 3.63) is 45.6 Å². The van der Waals surface area contributed by atoms with Crippen LogP contribution in [0.5, 0.6) is 0 Å². The smallest absolute Gasteiger partial charge is 0.246 e. The molecule has 102 valence electrons. The third kappa shape index (κ3) is 2.58. The van der Waals surface area contributed by atoms with Crippen LogP contribution in [0, 0.1) is 6.92 Å². The van der Waals surface area contributed by atoms with Crippen molar-refractivity contribution >= 4 is 44.5 Å².